The van der Waals surface area contributed by atoms with Gasteiger partial charge in [0.2, 0.25) is 0 Å². The van der Waals surface area contributed by atoms with Gasteiger partial charge in [0.05, 0.1) is 11.3 Å². The van der Waals surface area contributed by atoms with Gasteiger partial charge in [-0.3, -0.25) is 4.79 Å². The maximum atomic E-state index is 12.3. The molecule has 0 radical (unpaired) electrons. The molecular formula is C15H17NO4S. The molecule has 0 aliphatic heterocycles. The number of aromatic hydroxyl groups is 1. The summed E-state index contributed by atoms with van der Waals surface area (Å²) in [5.41, 5.74) is 0.171. The maximum absolute atomic E-state index is 12.3. The molecule has 0 aromatic heterocycles. The second-order valence-electron chi connectivity index (χ2n) is 5.04. The van der Waals surface area contributed by atoms with Crippen LogP contribution >= 0.6 is 0 Å². The number of nitrogens with zero attached hydrogens (tertiary/aromatic N) is 1. The number of phenolic OH excluding ortho intramolecular Hbond substituents is 1. The van der Waals surface area contributed by atoms with E-state index in [9.17, 15) is 18.3 Å². The van der Waals surface area contributed by atoms with E-state index in [2.05, 4.69) is 0 Å². The van der Waals surface area contributed by atoms with Crippen LogP contribution in [-0.2, 0) is 9.84 Å². The summed E-state index contributed by atoms with van der Waals surface area (Å²) in [6, 6.07) is 10.5. The highest BCUT2D eigenvalue weighted by Gasteiger charge is 2.18. The molecule has 0 aliphatic carbocycles. The van der Waals surface area contributed by atoms with Crippen molar-refractivity contribution in [3.8, 4) is 5.75 Å². The highest BCUT2D eigenvalue weighted by molar-refractivity contribution is 7.90. The molecule has 1 amide bonds. The fourth-order valence-electron chi connectivity index (χ4n) is 2.04. The molecule has 21 heavy (non-hydrogen) atoms. The van der Waals surface area contributed by atoms with E-state index < -0.39 is 15.7 Å². The third kappa shape index (κ3) is 3.52. The van der Waals surface area contributed by atoms with Crippen LogP contribution in [0.25, 0.3) is 10.8 Å². The Morgan fingerprint density at radius 2 is 1.86 bits per heavy atom. The first-order chi connectivity index (χ1) is 9.79. The smallest absolute Gasteiger partial charge is 0.257 e. The molecule has 0 saturated carbocycles. The van der Waals surface area contributed by atoms with Crippen molar-refractivity contribution in [2.75, 3.05) is 25.6 Å². The lowest BCUT2D eigenvalue weighted by molar-refractivity contribution is 0.0801. The lowest BCUT2D eigenvalue weighted by Crippen LogP contribution is -2.31. The van der Waals surface area contributed by atoms with Gasteiger partial charge in [-0.1, -0.05) is 30.3 Å². The predicted octanol–water partition coefficient (Wildman–Crippen LogP) is 1.66. The minimum absolute atomic E-state index is 0.0793. The quantitative estimate of drug-likeness (QED) is 0.932. The second kappa shape index (κ2) is 5.73. The van der Waals surface area contributed by atoms with Crippen LogP contribution in [0.5, 0.6) is 5.75 Å². The third-order valence-electron chi connectivity index (χ3n) is 3.28. The molecule has 0 fully saturated rings. The van der Waals surface area contributed by atoms with Gasteiger partial charge in [0.15, 0.2) is 0 Å². The molecule has 0 aliphatic rings. The Bertz CT molecular complexity index is 783. The molecule has 0 bridgehead atoms. The first-order valence-corrected chi connectivity index (χ1v) is 8.49. The van der Waals surface area contributed by atoms with Crippen LogP contribution in [-0.4, -0.2) is 49.9 Å². The normalized spacial score (nSPS) is 11.5. The van der Waals surface area contributed by atoms with E-state index in [4.69, 9.17) is 0 Å². The van der Waals surface area contributed by atoms with Gasteiger partial charge in [0, 0.05) is 25.2 Å². The van der Waals surface area contributed by atoms with Gasteiger partial charge in [0.25, 0.3) is 5.91 Å². The van der Waals surface area contributed by atoms with E-state index in [-0.39, 0.29) is 23.6 Å². The molecule has 2 rings (SSSR count). The summed E-state index contributed by atoms with van der Waals surface area (Å²) in [5.74, 6) is -0.588. The van der Waals surface area contributed by atoms with Gasteiger partial charge in [-0.2, -0.15) is 0 Å². The molecule has 2 aromatic carbocycles. The third-order valence-corrected chi connectivity index (χ3v) is 4.20. The first-order valence-electron chi connectivity index (χ1n) is 6.43. The van der Waals surface area contributed by atoms with Gasteiger partial charge in [-0.15, -0.1) is 0 Å². The number of carbonyl (C=O) groups excluding carboxylic acids is 1. The summed E-state index contributed by atoms with van der Waals surface area (Å²) in [6.07, 6.45) is 1.12. The Balaban J connectivity index is 2.29. The van der Waals surface area contributed by atoms with E-state index in [0.717, 1.165) is 11.6 Å². The zero-order chi connectivity index (χ0) is 15.6. The standard InChI is InChI=1S/C15H17NO4S/c1-16(9-10-21(2,19)20)15(18)13-8-7-11-5-3-4-6-12(11)14(13)17/h3-8,17H,9-10H2,1-2H3. The van der Waals surface area contributed by atoms with E-state index in [1.807, 2.05) is 12.1 Å². The average molecular weight is 307 g/mol. The topological polar surface area (TPSA) is 74.7 Å². The van der Waals surface area contributed by atoms with Crippen molar-refractivity contribution in [2.24, 2.45) is 0 Å². The predicted molar refractivity (Wildman–Crippen MR) is 82.3 cm³/mol. The van der Waals surface area contributed by atoms with Crippen LogP contribution in [0.2, 0.25) is 0 Å². The molecule has 0 heterocycles. The molecule has 0 saturated heterocycles. The van der Waals surface area contributed by atoms with Gasteiger partial charge in [-0.25, -0.2) is 8.42 Å². The zero-order valence-corrected chi connectivity index (χ0v) is 12.7. The number of phenols is 1. The summed E-state index contributed by atoms with van der Waals surface area (Å²) in [7, 11) is -1.62. The van der Waals surface area contributed by atoms with E-state index in [1.54, 1.807) is 24.3 Å². The Kier molecular flexibility index (Phi) is 4.18. The SMILES string of the molecule is CN(CCS(C)(=O)=O)C(=O)c1ccc2ccccc2c1O. The van der Waals surface area contributed by atoms with E-state index in [1.165, 1.54) is 11.9 Å². The number of benzene rings is 2. The fraction of sp³-hybridized carbons (Fsp3) is 0.267. The number of amides is 1. The van der Waals surface area contributed by atoms with Crippen molar-refractivity contribution in [2.45, 2.75) is 0 Å². The Labute approximate surface area is 123 Å². The van der Waals surface area contributed by atoms with Gasteiger partial charge < -0.3 is 10.0 Å². The average Bonchev–Trinajstić information content (AvgIpc) is 2.44. The zero-order valence-electron chi connectivity index (χ0n) is 11.9. The molecule has 2 aromatic rings. The van der Waals surface area contributed by atoms with E-state index >= 15 is 0 Å². The molecular weight excluding hydrogens is 290 g/mol. The number of hydrogen-bond donors (Lipinski definition) is 1. The van der Waals surface area contributed by atoms with Crippen molar-refractivity contribution >= 4 is 26.5 Å². The molecule has 0 spiro atoms. The Hall–Kier alpha value is -2.08. The van der Waals surface area contributed by atoms with E-state index in [0.29, 0.717) is 5.39 Å². The van der Waals surface area contributed by atoms with Gasteiger partial charge in [-0.05, 0) is 11.5 Å². The van der Waals surface area contributed by atoms with Crippen LogP contribution in [0.15, 0.2) is 36.4 Å². The summed E-state index contributed by atoms with van der Waals surface area (Å²) < 4.78 is 22.3. The molecule has 0 atom stereocenters. The summed E-state index contributed by atoms with van der Waals surface area (Å²) in [6.45, 7) is 0.0872. The van der Waals surface area contributed by atoms with Crippen molar-refractivity contribution < 1.29 is 18.3 Å². The van der Waals surface area contributed by atoms with Crippen LogP contribution in [0, 0.1) is 0 Å². The fourth-order valence-corrected chi connectivity index (χ4v) is 2.64. The van der Waals surface area contributed by atoms with Crippen LogP contribution < -0.4 is 0 Å². The number of hydrogen-bond acceptors (Lipinski definition) is 4. The molecule has 112 valence electrons. The highest BCUT2D eigenvalue weighted by atomic mass is 32.2. The highest BCUT2D eigenvalue weighted by Crippen LogP contribution is 2.29. The largest absolute Gasteiger partial charge is 0.506 e. The Morgan fingerprint density at radius 3 is 2.52 bits per heavy atom. The maximum Gasteiger partial charge on any atom is 0.257 e. The van der Waals surface area contributed by atoms with Crippen molar-refractivity contribution in [1.29, 1.82) is 0 Å². The molecule has 5 nitrogen and oxygen atoms in total. The number of sulfone groups is 1. The van der Waals surface area contributed by atoms with Crippen LogP contribution in [0.3, 0.4) is 0 Å². The summed E-state index contributed by atoms with van der Waals surface area (Å²) in [5, 5.41) is 11.7. The van der Waals surface area contributed by atoms with Crippen LogP contribution in [0.4, 0.5) is 0 Å². The number of rotatable bonds is 4. The first kappa shape index (κ1) is 15.3. The summed E-state index contributed by atoms with van der Waals surface area (Å²) in [4.78, 5) is 13.6. The second-order valence-corrected chi connectivity index (χ2v) is 7.30. The molecule has 0 unspecified atom stereocenters. The van der Waals surface area contributed by atoms with Gasteiger partial charge >= 0.3 is 0 Å². The minimum atomic E-state index is -3.14. The van der Waals surface area contributed by atoms with Crippen molar-refractivity contribution in [3.63, 3.8) is 0 Å². The van der Waals surface area contributed by atoms with Crippen molar-refractivity contribution in [1.82, 2.24) is 4.90 Å². The van der Waals surface area contributed by atoms with Crippen molar-refractivity contribution in [3.05, 3.63) is 42.0 Å². The lowest BCUT2D eigenvalue weighted by Gasteiger charge is -2.17. The Morgan fingerprint density at radius 1 is 1.19 bits per heavy atom. The van der Waals surface area contributed by atoms with Gasteiger partial charge in [0.1, 0.15) is 15.6 Å². The minimum Gasteiger partial charge on any atom is -0.506 e. The molecule has 1 N–H and O–H groups in total. The lowest BCUT2D eigenvalue weighted by atomic mass is 10.0. The number of carbonyl (C=O) groups is 1. The monoisotopic (exact) mass is 307 g/mol. The number of fused-ring (bicyclic) bond motifs is 1. The van der Waals surface area contributed by atoms with Crippen LogP contribution in [0.1, 0.15) is 10.4 Å². The summed E-state index contributed by atoms with van der Waals surface area (Å²) >= 11 is 0. The molecule has 6 heteroatoms.